The zero-order chi connectivity index (χ0) is 45.6. The number of hydrogen-bond acceptors (Lipinski definition) is 4. The first-order valence-corrected chi connectivity index (χ1v) is 27.5. The maximum atomic E-state index is 12.2. The zero-order valence-electron chi connectivity index (χ0n) is 41.4. The smallest absolute Gasteiger partial charge is 0.305 e. The summed E-state index contributed by atoms with van der Waals surface area (Å²) in [6.07, 6.45) is 49.2. The standard InChI is InChI=1S/C58H97ClO4/c1-3-5-7-9-11-13-15-17-19-21-23-25-27-29-31-33-35-37-39-41-43-45-47-49-57(60)62-53-51-56(55-59)52-54-63-58(61)50-48-46-44-42-40-38-36-34-32-30-28-26-24-22-20-18-16-14-12-10-8-6-4-2/h56H,3-26,35-55H2,1-2H3. The Morgan fingerprint density at radius 3 is 0.857 bits per heavy atom. The van der Waals surface area contributed by atoms with Crippen LogP contribution in [0.15, 0.2) is 0 Å². The first kappa shape index (κ1) is 60.5. The summed E-state index contributed by atoms with van der Waals surface area (Å²) in [5.74, 6) is 25.3. The predicted octanol–water partition coefficient (Wildman–Crippen LogP) is 17.4. The molecule has 0 aromatic rings. The van der Waals surface area contributed by atoms with Crippen LogP contribution in [-0.4, -0.2) is 31.0 Å². The first-order chi connectivity index (χ1) is 31.1. The number of halogens is 1. The molecule has 0 aromatic carbocycles. The van der Waals surface area contributed by atoms with Gasteiger partial charge in [0.1, 0.15) is 0 Å². The molecule has 0 saturated carbocycles. The highest BCUT2D eigenvalue weighted by atomic mass is 35.5. The predicted molar refractivity (Wildman–Crippen MR) is 272 cm³/mol. The molecule has 63 heavy (non-hydrogen) atoms. The average molecular weight is 894 g/mol. The molecular formula is C58H97ClO4. The van der Waals surface area contributed by atoms with E-state index in [9.17, 15) is 9.59 Å². The van der Waals surface area contributed by atoms with Gasteiger partial charge in [0.15, 0.2) is 0 Å². The molecule has 0 aliphatic heterocycles. The number of carbonyl (C=O) groups is 2. The second kappa shape index (κ2) is 53.8. The third-order valence-corrected chi connectivity index (χ3v) is 12.4. The van der Waals surface area contributed by atoms with Crippen molar-refractivity contribution in [3.05, 3.63) is 0 Å². The van der Waals surface area contributed by atoms with Crippen molar-refractivity contribution in [3.8, 4) is 47.4 Å². The number of ether oxygens (including phenoxy) is 2. The molecule has 0 heterocycles. The number of rotatable bonds is 45. The van der Waals surface area contributed by atoms with E-state index >= 15 is 0 Å². The van der Waals surface area contributed by atoms with E-state index in [1.165, 1.54) is 167 Å². The molecule has 0 bridgehead atoms. The highest BCUT2D eigenvalue weighted by Crippen LogP contribution is 2.16. The van der Waals surface area contributed by atoms with E-state index in [1.54, 1.807) is 0 Å². The molecule has 360 valence electrons. The maximum Gasteiger partial charge on any atom is 0.305 e. The fourth-order valence-corrected chi connectivity index (χ4v) is 7.99. The molecule has 0 aromatic heterocycles. The summed E-state index contributed by atoms with van der Waals surface area (Å²) in [7, 11) is 0. The average Bonchev–Trinajstić information content (AvgIpc) is 3.29. The minimum Gasteiger partial charge on any atom is -0.466 e. The Morgan fingerprint density at radius 2 is 0.603 bits per heavy atom. The van der Waals surface area contributed by atoms with Crippen molar-refractivity contribution in [2.24, 2.45) is 5.92 Å². The lowest BCUT2D eigenvalue weighted by Crippen LogP contribution is -2.14. The second-order valence-corrected chi connectivity index (χ2v) is 18.4. The van der Waals surface area contributed by atoms with Crippen LogP contribution >= 0.6 is 11.6 Å². The van der Waals surface area contributed by atoms with Gasteiger partial charge in [0, 0.05) is 44.4 Å². The summed E-state index contributed by atoms with van der Waals surface area (Å²) >= 11 is 6.16. The van der Waals surface area contributed by atoms with Gasteiger partial charge in [-0.25, -0.2) is 0 Å². The van der Waals surface area contributed by atoms with Gasteiger partial charge >= 0.3 is 11.9 Å². The largest absolute Gasteiger partial charge is 0.466 e. The number of unbranched alkanes of at least 4 members (excludes halogenated alkanes) is 34. The molecule has 0 unspecified atom stereocenters. The van der Waals surface area contributed by atoms with Crippen LogP contribution in [0.3, 0.4) is 0 Å². The molecule has 0 N–H and O–H groups in total. The van der Waals surface area contributed by atoms with E-state index < -0.39 is 0 Å². The lowest BCUT2D eigenvalue weighted by Gasteiger charge is -2.14. The van der Waals surface area contributed by atoms with E-state index in [4.69, 9.17) is 21.1 Å². The molecule has 4 nitrogen and oxygen atoms in total. The summed E-state index contributed by atoms with van der Waals surface area (Å²) < 4.78 is 10.9. The van der Waals surface area contributed by atoms with Crippen molar-refractivity contribution in [1.29, 1.82) is 0 Å². The van der Waals surface area contributed by atoms with E-state index in [1.807, 2.05) is 0 Å². The van der Waals surface area contributed by atoms with Gasteiger partial charge in [0.25, 0.3) is 0 Å². The van der Waals surface area contributed by atoms with E-state index in [0.717, 1.165) is 77.0 Å². The van der Waals surface area contributed by atoms with Crippen molar-refractivity contribution in [2.45, 2.75) is 284 Å². The van der Waals surface area contributed by atoms with Crippen molar-refractivity contribution in [2.75, 3.05) is 19.1 Å². The number of carbonyl (C=O) groups excluding carboxylic acids is 2. The molecule has 0 spiro atoms. The Kier molecular flexibility index (Phi) is 51.6. The Balaban J connectivity index is 3.56. The highest BCUT2D eigenvalue weighted by Gasteiger charge is 2.12. The molecule has 0 radical (unpaired) electrons. The Hall–Kier alpha value is -2.53. The van der Waals surface area contributed by atoms with Crippen LogP contribution in [0.1, 0.15) is 284 Å². The van der Waals surface area contributed by atoms with Gasteiger partial charge < -0.3 is 9.47 Å². The summed E-state index contributed by atoms with van der Waals surface area (Å²) in [5.41, 5.74) is 0. The van der Waals surface area contributed by atoms with E-state index in [2.05, 4.69) is 61.2 Å². The third kappa shape index (κ3) is 52.0. The summed E-state index contributed by atoms with van der Waals surface area (Å²) in [6.45, 7) is 5.30. The first-order valence-electron chi connectivity index (χ1n) is 26.9. The van der Waals surface area contributed by atoms with Crippen molar-refractivity contribution >= 4 is 23.5 Å². The van der Waals surface area contributed by atoms with Gasteiger partial charge in [-0.05, 0) is 81.0 Å². The number of esters is 2. The van der Waals surface area contributed by atoms with Crippen molar-refractivity contribution in [3.63, 3.8) is 0 Å². The quantitative estimate of drug-likeness (QED) is 0.0264. The van der Waals surface area contributed by atoms with E-state index in [-0.39, 0.29) is 17.9 Å². The van der Waals surface area contributed by atoms with Gasteiger partial charge in [-0.3, -0.25) is 9.59 Å². The van der Waals surface area contributed by atoms with Gasteiger partial charge in [0.05, 0.1) is 13.2 Å². The van der Waals surface area contributed by atoms with Crippen LogP contribution < -0.4 is 0 Å². The lowest BCUT2D eigenvalue weighted by molar-refractivity contribution is -0.144. The molecule has 5 heteroatoms. The minimum absolute atomic E-state index is 0.131. The summed E-state index contributed by atoms with van der Waals surface area (Å²) in [6, 6.07) is 0. The normalized spacial score (nSPS) is 10.5. The minimum atomic E-state index is -0.131. The third-order valence-electron chi connectivity index (χ3n) is 12.0. The number of alkyl halides is 1. The van der Waals surface area contributed by atoms with E-state index in [0.29, 0.717) is 44.8 Å². The monoisotopic (exact) mass is 893 g/mol. The molecule has 0 atom stereocenters. The van der Waals surface area contributed by atoms with Gasteiger partial charge in [-0.1, -0.05) is 217 Å². The highest BCUT2D eigenvalue weighted by molar-refractivity contribution is 6.18. The molecular weight excluding hydrogens is 796 g/mol. The van der Waals surface area contributed by atoms with Gasteiger partial charge in [0.2, 0.25) is 0 Å². The molecule has 0 amide bonds. The van der Waals surface area contributed by atoms with Crippen LogP contribution in [-0.2, 0) is 19.1 Å². The molecule has 0 fully saturated rings. The van der Waals surface area contributed by atoms with Crippen LogP contribution in [0.25, 0.3) is 0 Å². The van der Waals surface area contributed by atoms with Crippen molar-refractivity contribution in [1.82, 2.24) is 0 Å². The Morgan fingerprint density at radius 1 is 0.365 bits per heavy atom. The SMILES string of the molecule is CCCCCCCCCCCCCC#CC#CCCCCCCCCC(=O)OCCC(CCl)CCOC(=O)CCCCCCCCC#CC#CCCCCCCCCCCCCC. The zero-order valence-corrected chi connectivity index (χ0v) is 42.2. The molecule has 0 aliphatic carbocycles. The number of hydrogen-bond donors (Lipinski definition) is 0. The maximum absolute atomic E-state index is 12.2. The fourth-order valence-electron chi connectivity index (χ4n) is 7.68. The van der Waals surface area contributed by atoms with Crippen LogP contribution in [0.2, 0.25) is 0 Å². The van der Waals surface area contributed by atoms with Crippen molar-refractivity contribution < 1.29 is 19.1 Å². The van der Waals surface area contributed by atoms with Gasteiger partial charge in [-0.2, -0.15) is 0 Å². The van der Waals surface area contributed by atoms with Crippen LogP contribution in [0, 0.1) is 53.3 Å². The summed E-state index contributed by atoms with van der Waals surface area (Å²) in [5, 5.41) is 0. The molecule has 0 saturated heterocycles. The Bertz CT molecular complexity index is 1160. The topological polar surface area (TPSA) is 52.6 Å². The van der Waals surface area contributed by atoms with Crippen LogP contribution in [0.5, 0.6) is 0 Å². The molecule has 0 aliphatic rings. The second-order valence-electron chi connectivity index (χ2n) is 18.1. The molecule has 0 rings (SSSR count). The van der Waals surface area contributed by atoms with Crippen LogP contribution in [0.4, 0.5) is 0 Å². The lowest BCUT2D eigenvalue weighted by atomic mass is 10.1. The summed E-state index contributed by atoms with van der Waals surface area (Å²) in [4.78, 5) is 24.4. The fraction of sp³-hybridized carbons (Fsp3) is 0.828. The van der Waals surface area contributed by atoms with Gasteiger partial charge in [-0.15, -0.1) is 11.6 Å². The Labute approximate surface area is 396 Å².